The van der Waals surface area contributed by atoms with E-state index in [2.05, 4.69) is 5.32 Å². The van der Waals surface area contributed by atoms with Gasteiger partial charge in [0.05, 0.1) is 5.41 Å². The van der Waals surface area contributed by atoms with E-state index in [0.717, 1.165) is 0 Å². The van der Waals surface area contributed by atoms with Crippen molar-refractivity contribution in [3.63, 3.8) is 0 Å². The molecule has 0 aliphatic heterocycles. The van der Waals surface area contributed by atoms with Gasteiger partial charge in [0.15, 0.2) is 0 Å². The van der Waals surface area contributed by atoms with Gasteiger partial charge in [0.1, 0.15) is 5.60 Å². The van der Waals surface area contributed by atoms with E-state index in [9.17, 15) is 4.79 Å². The lowest BCUT2D eigenvalue weighted by Gasteiger charge is -2.28. The summed E-state index contributed by atoms with van der Waals surface area (Å²) in [6, 6.07) is 0. The Labute approximate surface area is 80.8 Å². The molecule has 0 rings (SSSR count). The van der Waals surface area contributed by atoms with Crippen molar-refractivity contribution in [3.05, 3.63) is 0 Å². The molecule has 0 amide bonds. The number of hydrogen-bond acceptors (Lipinski definition) is 3. The highest BCUT2D eigenvalue weighted by molar-refractivity contribution is 5.76. The van der Waals surface area contributed by atoms with Crippen LogP contribution in [0.3, 0.4) is 0 Å². The van der Waals surface area contributed by atoms with Crippen LogP contribution in [0.5, 0.6) is 0 Å². The van der Waals surface area contributed by atoms with E-state index in [1.54, 1.807) is 0 Å². The largest absolute Gasteiger partial charge is 0.460 e. The molecule has 0 heterocycles. The molecule has 0 aliphatic rings. The first-order chi connectivity index (χ1) is 5.69. The minimum absolute atomic E-state index is 0.158. The van der Waals surface area contributed by atoms with Crippen LogP contribution in [0.2, 0.25) is 0 Å². The number of hydrogen-bond donors (Lipinski definition) is 1. The summed E-state index contributed by atoms with van der Waals surface area (Å²) < 4.78 is 5.28. The highest BCUT2D eigenvalue weighted by Gasteiger charge is 2.31. The molecule has 0 saturated carbocycles. The maximum atomic E-state index is 11.6. The molecule has 0 radical (unpaired) electrons. The van der Waals surface area contributed by atoms with E-state index in [-0.39, 0.29) is 5.97 Å². The third-order valence-corrected chi connectivity index (χ3v) is 1.57. The van der Waals surface area contributed by atoms with Crippen LogP contribution in [0, 0.1) is 5.41 Å². The van der Waals surface area contributed by atoms with Crippen LogP contribution < -0.4 is 5.32 Å². The topological polar surface area (TPSA) is 38.3 Å². The van der Waals surface area contributed by atoms with Crippen LogP contribution in [-0.4, -0.2) is 25.2 Å². The molecule has 78 valence electrons. The molecule has 0 aromatic rings. The lowest BCUT2D eigenvalue weighted by atomic mass is 9.93. The summed E-state index contributed by atoms with van der Waals surface area (Å²) in [7, 11) is 1.83. The van der Waals surface area contributed by atoms with Crippen molar-refractivity contribution in [1.29, 1.82) is 0 Å². The van der Waals surface area contributed by atoms with Crippen LogP contribution in [0.1, 0.15) is 34.6 Å². The van der Waals surface area contributed by atoms with Crippen molar-refractivity contribution in [1.82, 2.24) is 5.32 Å². The van der Waals surface area contributed by atoms with Crippen molar-refractivity contribution in [2.75, 3.05) is 13.6 Å². The second-order valence-electron chi connectivity index (χ2n) is 4.92. The molecule has 0 fully saturated rings. The SMILES string of the molecule is CNCC(C)(C)C(=O)OC(C)(C)C. The fraction of sp³-hybridized carbons (Fsp3) is 0.900. The highest BCUT2D eigenvalue weighted by atomic mass is 16.6. The molecule has 0 aliphatic carbocycles. The summed E-state index contributed by atoms with van der Waals surface area (Å²) in [5.74, 6) is -0.158. The van der Waals surface area contributed by atoms with Crippen molar-refractivity contribution >= 4 is 5.97 Å². The van der Waals surface area contributed by atoms with Crippen LogP contribution in [-0.2, 0) is 9.53 Å². The van der Waals surface area contributed by atoms with Gasteiger partial charge in [-0.3, -0.25) is 4.79 Å². The molecule has 3 heteroatoms. The summed E-state index contributed by atoms with van der Waals surface area (Å²) >= 11 is 0. The number of esters is 1. The standard InChI is InChI=1S/C10H21NO2/c1-9(2,3)13-8(12)10(4,5)7-11-6/h11H,7H2,1-6H3. The summed E-state index contributed by atoms with van der Waals surface area (Å²) in [6.45, 7) is 10.00. The van der Waals surface area contributed by atoms with Gasteiger partial charge in [-0.25, -0.2) is 0 Å². The number of nitrogens with one attached hydrogen (secondary N) is 1. The second-order valence-corrected chi connectivity index (χ2v) is 4.92. The molecule has 0 aromatic carbocycles. The Bertz CT molecular complexity index is 180. The van der Waals surface area contributed by atoms with Gasteiger partial charge in [0.2, 0.25) is 0 Å². The van der Waals surface area contributed by atoms with E-state index >= 15 is 0 Å². The fourth-order valence-electron chi connectivity index (χ4n) is 0.930. The Morgan fingerprint density at radius 1 is 1.23 bits per heavy atom. The van der Waals surface area contributed by atoms with Gasteiger partial charge in [0.25, 0.3) is 0 Å². The van der Waals surface area contributed by atoms with Crippen molar-refractivity contribution in [2.45, 2.75) is 40.2 Å². The molecule has 13 heavy (non-hydrogen) atoms. The third kappa shape index (κ3) is 4.88. The molecular weight excluding hydrogens is 166 g/mol. The number of ether oxygens (including phenoxy) is 1. The van der Waals surface area contributed by atoms with Crippen molar-refractivity contribution in [3.8, 4) is 0 Å². The van der Waals surface area contributed by atoms with E-state index < -0.39 is 11.0 Å². The predicted octanol–water partition coefficient (Wildman–Crippen LogP) is 1.57. The predicted molar refractivity (Wildman–Crippen MR) is 53.6 cm³/mol. The van der Waals surface area contributed by atoms with E-state index in [1.807, 2.05) is 41.7 Å². The van der Waals surface area contributed by atoms with E-state index in [4.69, 9.17) is 4.74 Å². The number of carbonyl (C=O) groups is 1. The normalized spacial score (nSPS) is 12.8. The molecule has 1 N–H and O–H groups in total. The number of rotatable bonds is 3. The smallest absolute Gasteiger partial charge is 0.313 e. The third-order valence-electron chi connectivity index (χ3n) is 1.57. The second kappa shape index (κ2) is 4.09. The molecular formula is C10H21NO2. The molecule has 0 aromatic heterocycles. The Balaban J connectivity index is 4.25. The van der Waals surface area contributed by atoms with Gasteiger partial charge in [-0.15, -0.1) is 0 Å². The first-order valence-electron chi connectivity index (χ1n) is 4.57. The fourth-order valence-corrected chi connectivity index (χ4v) is 0.930. The highest BCUT2D eigenvalue weighted by Crippen LogP contribution is 2.20. The zero-order chi connectivity index (χ0) is 10.7. The van der Waals surface area contributed by atoms with Gasteiger partial charge < -0.3 is 10.1 Å². The van der Waals surface area contributed by atoms with Crippen LogP contribution in [0.15, 0.2) is 0 Å². The summed E-state index contributed by atoms with van der Waals surface area (Å²) in [4.78, 5) is 11.6. The van der Waals surface area contributed by atoms with Gasteiger partial charge in [-0.1, -0.05) is 0 Å². The van der Waals surface area contributed by atoms with Crippen molar-refractivity contribution in [2.24, 2.45) is 5.41 Å². The lowest BCUT2D eigenvalue weighted by Crippen LogP contribution is -2.39. The summed E-state index contributed by atoms with van der Waals surface area (Å²) in [5, 5.41) is 2.97. The quantitative estimate of drug-likeness (QED) is 0.682. The molecule has 0 bridgehead atoms. The Kier molecular flexibility index (Phi) is 3.91. The first kappa shape index (κ1) is 12.4. The van der Waals surface area contributed by atoms with E-state index in [0.29, 0.717) is 6.54 Å². The molecule has 0 atom stereocenters. The monoisotopic (exact) mass is 187 g/mol. The molecule has 0 saturated heterocycles. The van der Waals surface area contributed by atoms with Crippen LogP contribution >= 0.6 is 0 Å². The van der Waals surface area contributed by atoms with Crippen LogP contribution in [0.25, 0.3) is 0 Å². The molecule has 0 spiro atoms. The lowest BCUT2D eigenvalue weighted by molar-refractivity contribution is -0.165. The minimum Gasteiger partial charge on any atom is -0.460 e. The molecule has 0 unspecified atom stereocenters. The summed E-state index contributed by atoms with van der Waals surface area (Å²) in [5.41, 5.74) is -0.857. The zero-order valence-corrected chi connectivity index (χ0v) is 9.52. The Hall–Kier alpha value is -0.570. The van der Waals surface area contributed by atoms with E-state index in [1.165, 1.54) is 0 Å². The zero-order valence-electron chi connectivity index (χ0n) is 9.52. The Morgan fingerprint density at radius 2 is 1.69 bits per heavy atom. The maximum absolute atomic E-state index is 11.6. The average Bonchev–Trinajstić information content (AvgIpc) is 1.82. The maximum Gasteiger partial charge on any atom is 0.313 e. The average molecular weight is 187 g/mol. The Morgan fingerprint density at radius 3 is 2.00 bits per heavy atom. The van der Waals surface area contributed by atoms with Crippen molar-refractivity contribution < 1.29 is 9.53 Å². The van der Waals surface area contributed by atoms with Gasteiger partial charge in [0, 0.05) is 6.54 Å². The van der Waals surface area contributed by atoms with Gasteiger partial charge in [-0.2, -0.15) is 0 Å². The van der Waals surface area contributed by atoms with Gasteiger partial charge >= 0.3 is 5.97 Å². The summed E-state index contributed by atoms with van der Waals surface area (Å²) in [6.07, 6.45) is 0. The first-order valence-corrected chi connectivity index (χ1v) is 4.57. The molecule has 3 nitrogen and oxygen atoms in total. The van der Waals surface area contributed by atoms with Gasteiger partial charge in [-0.05, 0) is 41.7 Å². The number of carbonyl (C=O) groups excluding carboxylic acids is 1. The van der Waals surface area contributed by atoms with Crippen LogP contribution in [0.4, 0.5) is 0 Å². The minimum atomic E-state index is -0.456.